The second kappa shape index (κ2) is 17.7. The number of hydrogen-bond donors (Lipinski definition) is 2. The lowest BCUT2D eigenvalue weighted by molar-refractivity contribution is -0.163. The van der Waals surface area contributed by atoms with Crippen LogP contribution in [0.5, 0.6) is 0 Å². The normalized spacial score (nSPS) is 27.2. The van der Waals surface area contributed by atoms with E-state index in [4.69, 9.17) is 14.2 Å². The number of unbranched alkanes of at least 4 members (excludes halogenated alkanes) is 2. The molecule has 1 spiro atoms. The zero-order chi connectivity index (χ0) is 35.7. The van der Waals surface area contributed by atoms with E-state index < -0.39 is 59.6 Å². The van der Waals surface area contributed by atoms with E-state index in [1.54, 1.807) is 29.2 Å². The largest absolute Gasteiger partial charge is 0.455 e. The van der Waals surface area contributed by atoms with Crippen molar-refractivity contribution in [2.24, 2.45) is 11.8 Å². The molecule has 3 amide bonds. The van der Waals surface area contributed by atoms with Crippen molar-refractivity contribution in [2.45, 2.75) is 99.6 Å². The number of nitrogens with zero attached hydrogens (tertiary/aromatic N) is 2. The number of fused-ring (bicyclic) bond motifs is 1. The van der Waals surface area contributed by atoms with Gasteiger partial charge in [0.25, 0.3) is 0 Å². The number of hydrogen-bond acceptors (Lipinski definition) is 8. The average Bonchev–Trinajstić information content (AvgIpc) is 3.69. The molecule has 12 heteroatoms. The third kappa shape index (κ3) is 7.97. The second-order valence-electron chi connectivity index (χ2n) is 13.2. The van der Waals surface area contributed by atoms with Crippen molar-refractivity contribution in [3.05, 3.63) is 61.2 Å². The predicted octanol–water partition coefficient (Wildman–Crippen LogP) is 4.09. The van der Waals surface area contributed by atoms with E-state index >= 15 is 0 Å². The van der Waals surface area contributed by atoms with Crippen LogP contribution in [-0.4, -0.2) is 107 Å². The molecule has 0 saturated carbocycles. The Morgan fingerprint density at radius 2 is 1.94 bits per heavy atom. The Morgan fingerprint density at radius 1 is 1.20 bits per heavy atom. The molecule has 2 N–H and O–H groups in total. The molecule has 270 valence electrons. The highest BCUT2D eigenvalue weighted by Crippen LogP contribution is 2.61. The quantitative estimate of drug-likeness (QED) is 0.0883. The SMILES string of the molecule is C=CCCC(=O)N[C@@H](COC)[C@@H](OC(=O)[C@H]1[C@@H]2O[C@@]3(CC2Br)[C@@H]1C(=O)N([C@@H](CC)CO)[C@@H]3C(=O)N(CC=C)CCCCC)c1ccccc1. The minimum absolute atomic E-state index is 0.0564. The van der Waals surface area contributed by atoms with Crippen LogP contribution in [0.1, 0.15) is 70.5 Å². The highest BCUT2D eigenvalue weighted by molar-refractivity contribution is 9.09. The van der Waals surface area contributed by atoms with Crippen LogP contribution < -0.4 is 5.32 Å². The van der Waals surface area contributed by atoms with Crippen LogP contribution in [0.25, 0.3) is 0 Å². The minimum Gasteiger partial charge on any atom is -0.455 e. The van der Waals surface area contributed by atoms with Gasteiger partial charge in [0.15, 0.2) is 0 Å². The van der Waals surface area contributed by atoms with Crippen molar-refractivity contribution in [1.29, 1.82) is 0 Å². The highest BCUT2D eigenvalue weighted by atomic mass is 79.9. The van der Waals surface area contributed by atoms with Crippen LogP contribution in [0.3, 0.4) is 0 Å². The molecular weight excluding hydrogens is 694 g/mol. The summed E-state index contributed by atoms with van der Waals surface area (Å²) in [6, 6.07) is 6.65. The summed E-state index contributed by atoms with van der Waals surface area (Å²) in [7, 11) is 1.50. The van der Waals surface area contributed by atoms with Crippen LogP contribution >= 0.6 is 15.9 Å². The molecule has 2 bridgehead atoms. The second-order valence-corrected chi connectivity index (χ2v) is 14.3. The Morgan fingerprint density at radius 3 is 2.55 bits per heavy atom. The van der Waals surface area contributed by atoms with Gasteiger partial charge in [0.1, 0.15) is 17.7 Å². The molecule has 3 fully saturated rings. The fourth-order valence-corrected chi connectivity index (χ4v) is 8.66. The molecule has 0 aliphatic carbocycles. The van der Waals surface area contributed by atoms with Crippen LogP contribution in [-0.2, 0) is 33.4 Å². The molecule has 11 nitrogen and oxygen atoms in total. The Labute approximate surface area is 298 Å². The van der Waals surface area contributed by atoms with Crippen LogP contribution in [0.2, 0.25) is 0 Å². The summed E-state index contributed by atoms with van der Waals surface area (Å²) < 4.78 is 18.5. The Hall–Kier alpha value is -3.06. The van der Waals surface area contributed by atoms with E-state index in [0.29, 0.717) is 37.9 Å². The molecule has 0 aromatic heterocycles. The third-order valence-electron chi connectivity index (χ3n) is 10.0. The number of amides is 3. The summed E-state index contributed by atoms with van der Waals surface area (Å²) in [5.41, 5.74) is -0.668. The van der Waals surface area contributed by atoms with Crippen LogP contribution in [0.4, 0.5) is 0 Å². The number of nitrogens with one attached hydrogen (secondary N) is 1. The van der Waals surface area contributed by atoms with Gasteiger partial charge >= 0.3 is 5.97 Å². The number of rotatable bonds is 20. The van der Waals surface area contributed by atoms with E-state index in [-0.39, 0.29) is 36.3 Å². The average molecular weight is 747 g/mol. The Balaban J connectivity index is 1.73. The summed E-state index contributed by atoms with van der Waals surface area (Å²) in [5.74, 6) is -3.65. The Kier molecular flexibility index (Phi) is 14.0. The lowest BCUT2D eigenvalue weighted by Gasteiger charge is -2.39. The fourth-order valence-electron chi connectivity index (χ4n) is 7.72. The van der Waals surface area contributed by atoms with Crippen molar-refractivity contribution in [3.63, 3.8) is 0 Å². The van der Waals surface area contributed by atoms with Crippen molar-refractivity contribution >= 4 is 39.6 Å². The number of benzene rings is 1. The van der Waals surface area contributed by atoms with Gasteiger partial charge in [0, 0.05) is 31.4 Å². The molecule has 3 aliphatic rings. The van der Waals surface area contributed by atoms with Crippen molar-refractivity contribution in [3.8, 4) is 0 Å². The van der Waals surface area contributed by atoms with Crippen molar-refractivity contribution in [1.82, 2.24) is 15.1 Å². The first-order valence-corrected chi connectivity index (χ1v) is 18.3. The van der Waals surface area contributed by atoms with Gasteiger partial charge in [0.05, 0.1) is 43.2 Å². The topological polar surface area (TPSA) is 135 Å². The maximum Gasteiger partial charge on any atom is 0.313 e. The van der Waals surface area contributed by atoms with Gasteiger partial charge < -0.3 is 34.4 Å². The van der Waals surface area contributed by atoms with Crippen LogP contribution in [0.15, 0.2) is 55.6 Å². The van der Waals surface area contributed by atoms with Gasteiger partial charge in [-0.15, -0.1) is 13.2 Å². The number of halogens is 1. The summed E-state index contributed by atoms with van der Waals surface area (Å²) in [5, 5.41) is 13.4. The zero-order valence-electron chi connectivity index (χ0n) is 28.9. The summed E-state index contributed by atoms with van der Waals surface area (Å²) in [6.45, 7) is 12.0. The van der Waals surface area contributed by atoms with Gasteiger partial charge in [-0.1, -0.05) is 85.1 Å². The van der Waals surface area contributed by atoms with Gasteiger partial charge in [0.2, 0.25) is 17.7 Å². The maximum absolute atomic E-state index is 14.6. The lowest BCUT2D eigenvalue weighted by Crippen LogP contribution is -2.59. The first kappa shape index (κ1) is 38.7. The first-order chi connectivity index (χ1) is 23.6. The van der Waals surface area contributed by atoms with E-state index in [1.807, 2.05) is 25.1 Å². The van der Waals surface area contributed by atoms with Crippen LogP contribution in [0, 0.1) is 11.8 Å². The number of carbonyl (C=O) groups is 4. The number of carbonyl (C=O) groups excluding carboxylic acids is 4. The molecule has 9 atom stereocenters. The number of ether oxygens (including phenoxy) is 3. The molecule has 49 heavy (non-hydrogen) atoms. The number of esters is 1. The molecule has 1 aromatic rings. The molecule has 4 rings (SSSR count). The Bertz CT molecular complexity index is 1330. The lowest BCUT2D eigenvalue weighted by atomic mass is 9.70. The van der Waals surface area contributed by atoms with Crippen molar-refractivity contribution < 1.29 is 38.5 Å². The minimum atomic E-state index is -1.31. The summed E-state index contributed by atoms with van der Waals surface area (Å²) in [4.78, 5) is 59.3. The number of allylic oxidation sites excluding steroid dienone is 1. The predicted molar refractivity (Wildman–Crippen MR) is 189 cm³/mol. The monoisotopic (exact) mass is 745 g/mol. The van der Waals surface area contributed by atoms with Gasteiger partial charge in [-0.3, -0.25) is 19.2 Å². The molecule has 3 aliphatic heterocycles. The molecule has 1 aromatic carbocycles. The number of alkyl halides is 1. The fraction of sp³-hybridized carbons (Fsp3) is 0.622. The van der Waals surface area contributed by atoms with E-state index in [1.165, 1.54) is 12.0 Å². The van der Waals surface area contributed by atoms with Gasteiger partial charge in [-0.2, -0.15) is 0 Å². The summed E-state index contributed by atoms with van der Waals surface area (Å²) in [6.07, 6.45) is 5.77. The van der Waals surface area contributed by atoms with Gasteiger partial charge in [-0.25, -0.2) is 0 Å². The van der Waals surface area contributed by atoms with Crippen molar-refractivity contribution in [2.75, 3.05) is 33.4 Å². The molecule has 1 unspecified atom stereocenters. The van der Waals surface area contributed by atoms with E-state index in [0.717, 1.165) is 19.3 Å². The first-order valence-electron chi connectivity index (χ1n) is 17.4. The van der Waals surface area contributed by atoms with Gasteiger partial charge in [-0.05, 0) is 31.2 Å². The molecule has 3 saturated heterocycles. The maximum atomic E-state index is 14.6. The zero-order valence-corrected chi connectivity index (χ0v) is 30.5. The molecule has 3 heterocycles. The number of aliphatic hydroxyl groups excluding tert-OH is 1. The number of likely N-dealkylation sites (tertiary alicyclic amines) is 1. The molecule has 0 radical (unpaired) electrons. The standard InChI is InChI=1S/C37H52BrN3O8/c1-6-10-15-20-40(19-8-3)35(45)33-37-21-26(38)32(49-37)29(30(37)34(44)41(33)25(9-4)22-42)36(46)48-31(24-16-13-12-14-17-24)27(23-47-5)39-28(43)18-11-7-2/h7-8,12-14,16-17,25-27,29-33,42H,2-3,6,9-11,15,18-23H2,1,4-5H3,(H,39,43)/t25-,26?,27-,29+,30-,31-,32+,33+,37-/m0/s1. The molecular formula is C37H52BrN3O8. The highest BCUT2D eigenvalue weighted by Gasteiger charge is 2.77. The van der Waals surface area contributed by atoms with E-state index in [2.05, 4.69) is 41.3 Å². The number of aliphatic hydroxyl groups is 1. The number of methoxy groups -OCH3 is 1. The summed E-state index contributed by atoms with van der Waals surface area (Å²) >= 11 is 3.73. The van der Waals surface area contributed by atoms with E-state index in [9.17, 15) is 24.3 Å². The smallest absolute Gasteiger partial charge is 0.313 e. The third-order valence-corrected chi connectivity index (χ3v) is 10.9.